The number of ether oxygens (including phenoxy) is 1. The van der Waals surface area contributed by atoms with Gasteiger partial charge in [-0.3, -0.25) is 4.79 Å². The van der Waals surface area contributed by atoms with Crippen molar-refractivity contribution in [3.63, 3.8) is 0 Å². The van der Waals surface area contributed by atoms with Gasteiger partial charge in [-0.25, -0.2) is 0 Å². The van der Waals surface area contributed by atoms with E-state index < -0.39 is 17.4 Å². The minimum absolute atomic E-state index is 0.0336. The lowest BCUT2D eigenvalue weighted by Crippen LogP contribution is -2.16. The maximum atomic E-state index is 11.5. The Labute approximate surface area is 126 Å². The zero-order valence-corrected chi connectivity index (χ0v) is 12.0. The molecule has 0 aromatic heterocycles. The number of carbonyl (C=O) groups is 1. The number of amides is 1. The fraction of sp³-hybridized carbons (Fsp3) is 0.133. The van der Waals surface area contributed by atoms with E-state index in [-0.39, 0.29) is 17.0 Å². The summed E-state index contributed by atoms with van der Waals surface area (Å²) in [5.41, 5.74) is 8.05. The molecule has 7 heteroatoms. The smallest absolute Gasteiger partial charge is 0.251 e. The summed E-state index contributed by atoms with van der Waals surface area (Å²) in [6, 6.07) is 4.71. The van der Waals surface area contributed by atoms with Crippen LogP contribution in [0, 0.1) is 6.92 Å². The van der Waals surface area contributed by atoms with Crippen LogP contribution in [-0.4, -0.2) is 23.2 Å². The van der Waals surface area contributed by atoms with E-state index in [1.807, 2.05) is 13.0 Å². The van der Waals surface area contributed by atoms with E-state index in [9.17, 15) is 15.0 Å². The minimum Gasteiger partial charge on any atom is -0.504 e. The van der Waals surface area contributed by atoms with Crippen molar-refractivity contribution < 1.29 is 19.7 Å². The molecule has 1 aliphatic heterocycles. The fourth-order valence-electron chi connectivity index (χ4n) is 2.44. The lowest BCUT2D eigenvalue weighted by molar-refractivity contribution is 0.100. The Balaban J connectivity index is 2.20. The normalized spacial score (nSPS) is 11.7. The molecular formula is C15H15N3O4. The van der Waals surface area contributed by atoms with Gasteiger partial charge >= 0.3 is 0 Å². The van der Waals surface area contributed by atoms with Gasteiger partial charge in [-0.05, 0) is 24.6 Å². The Morgan fingerprint density at radius 3 is 2.68 bits per heavy atom. The molecule has 0 spiro atoms. The Kier molecular flexibility index (Phi) is 2.98. The van der Waals surface area contributed by atoms with Crippen LogP contribution in [0.4, 0.5) is 17.1 Å². The van der Waals surface area contributed by atoms with Gasteiger partial charge in [0.05, 0.1) is 16.9 Å². The van der Waals surface area contributed by atoms with Crippen LogP contribution < -0.4 is 21.1 Å². The van der Waals surface area contributed by atoms with Crippen molar-refractivity contribution >= 4 is 23.0 Å². The number of hydrogen-bond donors (Lipinski definition) is 5. The standard InChI is InChI=1S/C15H15N3O4/c1-6-3-9-11(5-8(6)17-2)22-14-12(18-9)7(15(16)21)4-10(19)13(14)20/h3-5,17-20H,1-2H3,(H2,16,21). The summed E-state index contributed by atoms with van der Waals surface area (Å²) in [7, 11) is 1.79. The molecule has 1 heterocycles. The van der Waals surface area contributed by atoms with E-state index in [2.05, 4.69) is 10.6 Å². The molecule has 0 radical (unpaired) electrons. The maximum Gasteiger partial charge on any atom is 0.251 e. The number of phenolic OH excluding ortho intramolecular Hbond substituents is 2. The summed E-state index contributed by atoms with van der Waals surface area (Å²) < 4.78 is 5.66. The lowest BCUT2D eigenvalue weighted by atomic mass is 10.1. The first-order chi connectivity index (χ1) is 10.4. The maximum absolute atomic E-state index is 11.5. The molecule has 0 unspecified atom stereocenters. The van der Waals surface area contributed by atoms with Gasteiger partial charge < -0.3 is 31.3 Å². The summed E-state index contributed by atoms with van der Waals surface area (Å²) in [5.74, 6) is -1.25. The second kappa shape index (κ2) is 4.73. The molecule has 1 aliphatic rings. The highest BCUT2D eigenvalue weighted by molar-refractivity contribution is 6.03. The van der Waals surface area contributed by atoms with Gasteiger partial charge in [-0.1, -0.05) is 0 Å². The number of rotatable bonds is 2. The van der Waals surface area contributed by atoms with Gasteiger partial charge in [0.15, 0.2) is 17.2 Å². The van der Waals surface area contributed by atoms with Crippen molar-refractivity contribution in [2.45, 2.75) is 6.92 Å². The monoisotopic (exact) mass is 301 g/mol. The van der Waals surface area contributed by atoms with E-state index in [1.165, 1.54) is 0 Å². The fourth-order valence-corrected chi connectivity index (χ4v) is 2.44. The van der Waals surface area contributed by atoms with Gasteiger partial charge in [-0.15, -0.1) is 0 Å². The number of phenols is 2. The first-order valence-electron chi connectivity index (χ1n) is 6.58. The predicted molar refractivity (Wildman–Crippen MR) is 82.4 cm³/mol. The average molecular weight is 301 g/mol. The highest BCUT2D eigenvalue weighted by Gasteiger charge is 2.27. The number of anilines is 3. The summed E-state index contributed by atoms with van der Waals surface area (Å²) in [5, 5.41) is 25.8. The van der Waals surface area contributed by atoms with E-state index >= 15 is 0 Å². The molecule has 0 bridgehead atoms. The third kappa shape index (κ3) is 1.95. The number of hydrogen-bond acceptors (Lipinski definition) is 6. The van der Waals surface area contributed by atoms with Crippen molar-refractivity contribution in [1.82, 2.24) is 0 Å². The third-order valence-electron chi connectivity index (χ3n) is 3.57. The SMILES string of the molecule is CNc1cc2c(cc1C)Nc1c(C(N)=O)cc(O)c(O)c1O2. The second-order valence-electron chi connectivity index (χ2n) is 5.00. The first kappa shape index (κ1) is 13.9. The number of primary amides is 1. The molecule has 7 nitrogen and oxygen atoms in total. The Morgan fingerprint density at radius 2 is 2.05 bits per heavy atom. The topological polar surface area (TPSA) is 117 Å². The third-order valence-corrected chi connectivity index (χ3v) is 3.57. The van der Waals surface area contributed by atoms with Crippen LogP contribution in [0.25, 0.3) is 0 Å². The number of aromatic hydroxyl groups is 2. The zero-order chi connectivity index (χ0) is 16.0. The van der Waals surface area contributed by atoms with Crippen LogP contribution in [0.3, 0.4) is 0 Å². The molecule has 22 heavy (non-hydrogen) atoms. The Hall–Kier alpha value is -3.09. The molecule has 114 valence electrons. The molecule has 0 saturated carbocycles. The van der Waals surface area contributed by atoms with E-state index in [4.69, 9.17) is 10.5 Å². The number of aryl methyl sites for hydroxylation is 1. The predicted octanol–water partition coefficient (Wildman–Crippen LogP) is 2.40. The molecule has 2 aromatic rings. The van der Waals surface area contributed by atoms with Gasteiger partial charge in [-0.2, -0.15) is 0 Å². The Morgan fingerprint density at radius 1 is 1.32 bits per heavy atom. The number of nitrogens with two attached hydrogens (primary N) is 1. The summed E-state index contributed by atoms with van der Waals surface area (Å²) >= 11 is 0. The van der Waals surface area contributed by atoms with E-state index in [0.717, 1.165) is 17.3 Å². The number of carbonyl (C=O) groups excluding carboxylic acids is 1. The molecule has 0 fully saturated rings. The molecule has 0 saturated heterocycles. The number of benzene rings is 2. The summed E-state index contributed by atoms with van der Waals surface area (Å²) in [6.07, 6.45) is 0. The lowest BCUT2D eigenvalue weighted by Gasteiger charge is -2.25. The summed E-state index contributed by atoms with van der Waals surface area (Å²) in [6.45, 7) is 1.92. The van der Waals surface area contributed by atoms with E-state index in [1.54, 1.807) is 13.1 Å². The zero-order valence-electron chi connectivity index (χ0n) is 12.0. The highest BCUT2D eigenvalue weighted by atomic mass is 16.5. The van der Waals surface area contributed by atoms with Crippen LogP contribution in [0.5, 0.6) is 23.0 Å². The van der Waals surface area contributed by atoms with Crippen LogP contribution in [0.1, 0.15) is 15.9 Å². The molecule has 2 aromatic carbocycles. The molecule has 0 aliphatic carbocycles. The van der Waals surface area contributed by atoms with Gasteiger partial charge in [0, 0.05) is 18.8 Å². The van der Waals surface area contributed by atoms with Crippen molar-refractivity contribution in [3.8, 4) is 23.0 Å². The van der Waals surface area contributed by atoms with Crippen molar-refractivity contribution in [3.05, 3.63) is 29.3 Å². The van der Waals surface area contributed by atoms with Crippen molar-refractivity contribution in [2.75, 3.05) is 17.7 Å². The Bertz CT molecular complexity index is 802. The van der Waals surface area contributed by atoms with Crippen molar-refractivity contribution in [2.24, 2.45) is 5.73 Å². The minimum atomic E-state index is -0.741. The highest BCUT2D eigenvalue weighted by Crippen LogP contribution is 2.52. The van der Waals surface area contributed by atoms with Crippen LogP contribution in [0.2, 0.25) is 0 Å². The van der Waals surface area contributed by atoms with Gasteiger partial charge in [0.25, 0.3) is 5.91 Å². The molecule has 1 amide bonds. The van der Waals surface area contributed by atoms with Gasteiger partial charge in [0.2, 0.25) is 5.75 Å². The van der Waals surface area contributed by atoms with Crippen LogP contribution in [-0.2, 0) is 0 Å². The number of fused-ring (bicyclic) bond motifs is 2. The molecule has 6 N–H and O–H groups in total. The van der Waals surface area contributed by atoms with Crippen molar-refractivity contribution in [1.29, 1.82) is 0 Å². The van der Waals surface area contributed by atoms with E-state index in [0.29, 0.717) is 11.4 Å². The first-order valence-corrected chi connectivity index (χ1v) is 6.58. The molecule has 3 rings (SSSR count). The number of nitrogens with one attached hydrogen (secondary N) is 2. The largest absolute Gasteiger partial charge is 0.504 e. The summed E-state index contributed by atoms with van der Waals surface area (Å²) in [4.78, 5) is 11.5. The molecule has 0 atom stereocenters. The van der Waals surface area contributed by atoms with Gasteiger partial charge in [0.1, 0.15) is 0 Å². The molecular weight excluding hydrogens is 286 g/mol. The quantitative estimate of drug-likeness (QED) is 0.366. The second-order valence-corrected chi connectivity index (χ2v) is 5.00. The average Bonchev–Trinajstić information content (AvgIpc) is 2.48. The van der Waals surface area contributed by atoms with Crippen LogP contribution in [0.15, 0.2) is 18.2 Å². The van der Waals surface area contributed by atoms with Crippen LogP contribution >= 0.6 is 0 Å².